The smallest absolute Gasteiger partial charge is 0.237 e. The summed E-state index contributed by atoms with van der Waals surface area (Å²) in [5.41, 5.74) is 1.18. The van der Waals surface area contributed by atoms with E-state index in [0.717, 1.165) is 4.90 Å². The van der Waals surface area contributed by atoms with Crippen LogP contribution in [-0.2, 0) is 19.4 Å². The Morgan fingerprint density at radius 2 is 2.00 bits per heavy atom. The van der Waals surface area contributed by atoms with Crippen LogP contribution in [0.15, 0.2) is 46.2 Å². The molecule has 148 valence electrons. The number of carbonyl (C=O) groups excluding carboxylic acids is 2. The van der Waals surface area contributed by atoms with Gasteiger partial charge in [-0.1, -0.05) is 6.07 Å². The molecule has 28 heavy (non-hydrogen) atoms. The fourth-order valence-corrected chi connectivity index (χ4v) is 4.81. The van der Waals surface area contributed by atoms with Gasteiger partial charge >= 0.3 is 0 Å². The number of anilines is 2. The van der Waals surface area contributed by atoms with Crippen molar-refractivity contribution in [2.24, 2.45) is 0 Å². The molecule has 6 nitrogen and oxygen atoms in total. The molecule has 1 aliphatic rings. The van der Waals surface area contributed by atoms with Crippen molar-refractivity contribution < 1.29 is 22.4 Å². The van der Waals surface area contributed by atoms with Gasteiger partial charge in [-0.2, -0.15) is 0 Å². The van der Waals surface area contributed by atoms with Gasteiger partial charge in [0.25, 0.3) is 0 Å². The number of aryl methyl sites for hydroxylation is 1. The molecule has 0 unspecified atom stereocenters. The Kier molecular flexibility index (Phi) is 5.76. The molecule has 3 rings (SSSR count). The van der Waals surface area contributed by atoms with Crippen molar-refractivity contribution in [2.45, 2.75) is 35.3 Å². The summed E-state index contributed by atoms with van der Waals surface area (Å²) < 4.78 is 38.7. The van der Waals surface area contributed by atoms with Gasteiger partial charge in [-0.25, -0.2) is 12.8 Å². The van der Waals surface area contributed by atoms with E-state index in [1.165, 1.54) is 36.0 Å². The van der Waals surface area contributed by atoms with Gasteiger partial charge in [-0.05, 0) is 49.7 Å². The van der Waals surface area contributed by atoms with Crippen molar-refractivity contribution in [1.82, 2.24) is 0 Å². The van der Waals surface area contributed by atoms with Crippen LogP contribution < -0.4 is 10.6 Å². The molecule has 1 atom stereocenters. The van der Waals surface area contributed by atoms with E-state index in [-0.39, 0.29) is 28.2 Å². The Morgan fingerprint density at radius 3 is 2.71 bits per heavy atom. The van der Waals surface area contributed by atoms with Crippen molar-refractivity contribution in [1.29, 1.82) is 0 Å². The molecule has 0 radical (unpaired) electrons. The first-order valence-electron chi connectivity index (χ1n) is 8.56. The first-order valence-corrected chi connectivity index (χ1v) is 11.1. The average molecular weight is 423 g/mol. The highest BCUT2D eigenvalue weighted by atomic mass is 32.2. The minimum atomic E-state index is -3.72. The predicted molar refractivity (Wildman–Crippen MR) is 107 cm³/mol. The van der Waals surface area contributed by atoms with E-state index < -0.39 is 27.3 Å². The van der Waals surface area contributed by atoms with Crippen LogP contribution in [0.3, 0.4) is 0 Å². The van der Waals surface area contributed by atoms with Crippen LogP contribution in [0.5, 0.6) is 0 Å². The normalized spacial score (nSPS) is 16.2. The number of amides is 2. The number of halogens is 1. The minimum absolute atomic E-state index is 0.0379. The molecule has 2 aromatic carbocycles. The minimum Gasteiger partial charge on any atom is -0.326 e. The van der Waals surface area contributed by atoms with E-state index in [4.69, 9.17) is 0 Å². The third-order valence-corrected chi connectivity index (χ3v) is 7.19. The second-order valence-corrected chi connectivity index (χ2v) is 9.98. The topological polar surface area (TPSA) is 92.3 Å². The van der Waals surface area contributed by atoms with Crippen LogP contribution in [0.1, 0.15) is 18.9 Å². The van der Waals surface area contributed by atoms with Gasteiger partial charge < -0.3 is 10.6 Å². The number of carbonyl (C=O) groups is 2. The van der Waals surface area contributed by atoms with Crippen molar-refractivity contribution in [3.05, 3.63) is 47.8 Å². The average Bonchev–Trinajstić information content (AvgIpc) is 2.64. The number of fused-ring (bicyclic) bond motifs is 1. The van der Waals surface area contributed by atoms with Gasteiger partial charge in [0.2, 0.25) is 11.8 Å². The SMILES string of the molecule is Cc1ccc(NC(=O)CCS(=O)(=O)c2ccc3c(c2)NC(=O)[C@@H](C)S3)cc1F. The maximum atomic E-state index is 13.5. The van der Waals surface area contributed by atoms with Gasteiger partial charge in [-0.15, -0.1) is 11.8 Å². The quantitative estimate of drug-likeness (QED) is 0.771. The van der Waals surface area contributed by atoms with Crippen LogP contribution in [0.4, 0.5) is 15.8 Å². The summed E-state index contributed by atoms with van der Waals surface area (Å²) in [5, 5.41) is 4.94. The van der Waals surface area contributed by atoms with Crippen LogP contribution in [-0.4, -0.2) is 31.2 Å². The molecule has 0 fully saturated rings. The Morgan fingerprint density at radius 1 is 1.25 bits per heavy atom. The van der Waals surface area contributed by atoms with E-state index in [0.29, 0.717) is 11.3 Å². The summed E-state index contributed by atoms with van der Waals surface area (Å²) in [7, 11) is -3.72. The van der Waals surface area contributed by atoms with E-state index in [2.05, 4.69) is 10.6 Å². The lowest BCUT2D eigenvalue weighted by Gasteiger charge is -2.21. The summed E-state index contributed by atoms with van der Waals surface area (Å²) in [6.07, 6.45) is -0.271. The van der Waals surface area contributed by atoms with Gasteiger partial charge in [0.15, 0.2) is 9.84 Å². The Balaban J connectivity index is 1.67. The number of hydrogen-bond acceptors (Lipinski definition) is 5. The second kappa shape index (κ2) is 7.92. The number of rotatable bonds is 5. The fourth-order valence-electron chi connectivity index (χ4n) is 2.62. The zero-order valence-corrected chi connectivity index (χ0v) is 16.9. The largest absolute Gasteiger partial charge is 0.326 e. The number of sulfone groups is 1. The Bertz CT molecular complexity index is 1050. The highest BCUT2D eigenvalue weighted by Gasteiger charge is 2.25. The van der Waals surface area contributed by atoms with Crippen molar-refractivity contribution in [3.63, 3.8) is 0 Å². The van der Waals surface area contributed by atoms with Gasteiger partial charge in [0.05, 0.1) is 21.6 Å². The highest BCUT2D eigenvalue weighted by molar-refractivity contribution is 8.01. The molecule has 2 amide bonds. The van der Waals surface area contributed by atoms with Gasteiger partial charge in [0, 0.05) is 17.0 Å². The summed E-state index contributed by atoms with van der Waals surface area (Å²) in [4.78, 5) is 24.7. The molecule has 1 heterocycles. The third-order valence-electron chi connectivity index (χ3n) is 4.29. The molecule has 0 spiro atoms. The molecule has 0 aliphatic carbocycles. The van der Waals surface area contributed by atoms with Crippen molar-refractivity contribution in [2.75, 3.05) is 16.4 Å². The van der Waals surface area contributed by atoms with Crippen LogP contribution in [0.25, 0.3) is 0 Å². The zero-order chi connectivity index (χ0) is 20.5. The summed E-state index contributed by atoms with van der Waals surface area (Å²) >= 11 is 1.36. The summed E-state index contributed by atoms with van der Waals surface area (Å²) in [6.45, 7) is 3.37. The van der Waals surface area contributed by atoms with E-state index >= 15 is 0 Å². The summed E-state index contributed by atoms with van der Waals surface area (Å²) in [6, 6.07) is 8.80. The lowest BCUT2D eigenvalue weighted by atomic mass is 10.2. The van der Waals surface area contributed by atoms with Gasteiger partial charge in [0.1, 0.15) is 5.82 Å². The fraction of sp³-hybridized carbons (Fsp3) is 0.263. The lowest BCUT2D eigenvalue weighted by molar-refractivity contribution is -0.116. The standard InChI is InChI=1S/C19H19FN2O4S2/c1-11-3-4-13(9-15(11)20)21-18(23)7-8-28(25,26)14-5-6-17-16(10-14)22-19(24)12(2)27-17/h3-6,9-10,12H,7-8H2,1-2H3,(H,21,23)(H,22,24)/t12-/m1/s1. The lowest BCUT2D eigenvalue weighted by Crippen LogP contribution is -2.26. The maximum absolute atomic E-state index is 13.5. The van der Waals surface area contributed by atoms with Crippen LogP contribution >= 0.6 is 11.8 Å². The summed E-state index contributed by atoms with van der Waals surface area (Å²) in [5.74, 6) is -1.56. The zero-order valence-electron chi connectivity index (χ0n) is 15.3. The highest BCUT2D eigenvalue weighted by Crippen LogP contribution is 2.36. The van der Waals surface area contributed by atoms with E-state index in [1.807, 2.05) is 0 Å². The third kappa shape index (κ3) is 4.53. The monoisotopic (exact) mass is 422 g/mol. The first-order chi connectivity index (χ1) is 13.2. The molecule has 1 aliphatic heterocycles. The number of thioether (sulfide) groups is 1. The molecular weight excluding hydrogens is 403 g/mol. The maximum Gasteiger partial charge on any atom is 0.237 e. The van der Waals surface area contributed by atoms with Crippen LogP contribution in [0.2, 0.25) is 0 Å². The molecule has 0 saturated carbocycles. The second-order valence-electron chi connectivity index (χ2n) is 6.49. The molecule has 0 bridgehead atoms. The van der Waals surface area contributed by atoms with Crippen LogP contribution in [0, 0.1) is 12.7 Å². The first kappa shape index (κ1) is 20.3. The predicted octanol–water partition coefficient (Wildman–Crippen LogP) is 3.37. The number of benzene rings is 2. The van der Waals surface area contributed by atoms with E-state index in [9.17, 15) is 22.4 Å². The Labute approximate surface area is 166 Å². The molecule has 0 aromatic heterocycles. The van der Waals surface area contributed by atoms with Gasteiger partial charge in [-0.3, -0.25) is 9.59 Å². The molecule has 0 saturated heterocycles. The molecule has 9 heteroatoms. The van der Waals surface area contributed by atoms with Crippen molar-refractivity contribution >= 4 is 44.8 Å². The van der Waals surface area contributed by atoms with Crippen molar-refractivity contribution in [3.8, 4) is 0 Å². The number of nitrogens with one attached hydrogen (secondary N) is 2. The molecule has 2 N–H and O–H groups in total. The molecular formula is C19H19FN2O4S2. The number of hydrogen-bond donors (Lipinski definition) is 2. The molecule has 2 aromatic rings. The van der Waals surface area contributed by atoms with E-state index in [1.54, 1.807) is 26.0 Å². The Hall–Kier alpha value is -2.39.